The van der Waals surface area contributed by atoms with Gasteiger partial charge in [-0.25, -0.2) is 4.68 Å². The standard InChI is InChI=1S/C18H17N3OS/c1-14-12-17(21(20-14)15-8-4-2-5-9-15)19-18(22)13-23-16-10-6-3-7-11-16/h2-12H,13H2,1H3,(H,19,22). The first kappa shape index (κ1) is 15.4. The Hall–Kier alpha value is -2.53. The maximum absolute atomic E-state index is 12.2. The lowest BCUT2D eigenvalue weighted by Gasteiger charge is -2.08. The fourth-order valence-electron chi connectivity index (χ4n) is 2.20. The van der Waals surface area contributed by atoms with Gasteiger partial charge in [-0.15, -0.1) is 11.8 Å². The minimum Gasteiger partial charge on any atom is -0.310 e. The smallest absolute Gasteiger partial charge is 0.235 e. The highest BCUT2D eigenvalue weighted by molar-refractivity contribution is 8.00. The number of para-hydroxylation sites is 1. The van der Waals surface area contributed by atoms with E-state index in [1.807, 2.05) is 73.7 Å². The highest BCUT2D eigenvalue weighted by Gasteiger charge is 2.11. The number of rotatable bonds is 5. The highest BCUT2D eigenvalue weighted by atomic mass is 32.2. The molecule has 116 valence electrons. The van der Waals surface area contributed by atoms with Crippen LogP contribution in [0.4, 0.5) is 5.82 Å². The minimum atomic E-state index is -0.0454. The summed E-state index contributed by atoms with van der Waals surface area (Å²) in [5, 5.41) is 7.39. The van der Waals surface area contributed by atoms with Crippen molar-refractivity contribution in [2.45, 2.75) is 11.8 Å². The van der Waals surface area contributed by atoms with Crippen LogP contribution in [-0.2, 0) is 4.79 Å². The molecular formula is C18H17N3OS. The molecule has 0 radical (unpaired) electrons. The molecule has 1 amide bonds. The number of amides is 1. The average molecular weight is 323 g/mol. The summed E-state index contributed by atoms with van der Waals surface area (Å²) in [6.07, 6.45) is 0. The Bertz CT molecular complexity index is 785. The van der Waals surface area contributed by atoms with Crippen molar-refractivity contribution in [3.8, 4) is 5.69 Å². The maximum atomic E-state index is 12.2. The van der Waals surface area contributed by atoms with Gasteiger partial charge in [0.1, 0.15) is 5.82 Å². The SMILES string of the molecule is Cc1cc(NC(=O)CSc2ccccc2)n(-c2ccccc2)n1. The Morgan fingerprint density at radius 3 is 2.43 bits per heavy atom. The molecule has 0 aliphatic carbocycles. The van der Waals surface area contributed by atoms with Crippen LogP contribution in [-0.4, -0.2) is 21.4 Å². The molecule has 0 aliphatic rings. The van der Waals surface area contributed by atoms with Crippen LogP contribution >= 0.6 is 11.8 Å². The number of hydrogen-bond acceptors (Lipinski definition) is 3. The molecule has 2 aromatic carbocycles. The topological polar surface area (TPSA) is 46.9 Å². The predicted octanol–water partition coefficient (Wildman–Crippen LogP) is 3.91. The highest BCUT2D eigenvalue weighted by Crippen LogP contribution is 2.19. The van der Waals surface area contributed by atoms with Gasteiger partial charge in [-0.1, -0.05) is 36.4 Å². The molecule has 23 heavy (non-hydrogen) atoms. The second-order valence-corrected chi connectivity index (χ2v) is 6.12. The fourth-order valence-corrected chi connectivity index (χ4v) is 2.92. The average Bonchev–Trinajstić information content (AvgIpc) is 2.95. The summed E-state index contributed by atoms with van der Waals surface area (Å²) in [5.41, 5.74) is 1.78. The first-order valence-electron chi connectivity index (χ1n) is 7.32. The summed E-state index contributed by atoms with van der Waals surface area (Å²) in [6.45, 7) is 1.91. The Balaban J connectivity index is 1.69. The number of benzene rings is 2. The molecule has 1 N–H and O–H groups in total. The summed E-state index contributed by atoms with van der Waals surface area (Å²) < 4.78 is 1.75. The van der Waals surface area contributed by atoms with E-state index >= 15 is 0 Å². The summed E-state index contributed by atoms with van der Waals surface area (Å²) in [7, 11) is 0. The quantitative estimate of drug-likeness (QED) is 0.724. The third kappa shape index (κ3) is 4.02. The number of anilines is 1. The van der Waals surface area contributed by atoms with Gasteiger partial charge in [0.05, 0.1) is 17.1 Å². The van der Waals surface area contributed by atoms with Crippen LogP contribution in [0.5, 0.6) is 0 Å². The zero-order chi connectivity index (χ0) is 16.1. The molecule has 0 atom stereocenters. The van der Waals surface area contributed by atoms with Crippen molar-refractivity contribution in [3.63, 3.8) is 0 Å². The molecule has 0 fully saturated rings. The Kier molecular flexibility index (Phi) is 4.78. The first-order chi connectivity index (χ1) is 11.2. The molecule has 0 unspecified atom stereocenters. The van der Waals surface area contributed by atoms with Crippen LogP contribution < -0.4 is 5.32 Å². The number of aryl methyl sites for hydroxylation is 1. The van der Waals surface area contributed by atoms with E-state index in [1.165, 1.54) is 11.8 Å². The molecule has 1 aromatic heterocycles. The van der Waals surface area contributed by atoms with E-state index in [0.29, 0.717) is 11.6 Å². The van der Waals surface area contributed by atoms with E-state index in [9.17, 15) is 4.79 Å². The number of carbonyl (C=O) groups is 1. The van der Waals surface area contributed by atoms with Crippen LogP contribution in [0.3, 0.4) is 0 Å². The second kappa shape index (κ2) is 7.15. The number of carbonyl (C=O) groups excluding carboxylic acids is 1. The van der Waals surface area contributed by atoms with Crippen molar-refractivity contribution in [1.29, 1.82) is 0 Å². The van der Waals surface area contributed by atoms with Gasteiger partial charge in [-0.05, 0) is 31.2 Å². The Labute approximate surface area is 139 Å². The van der Waals surface area contributed by atoms with Gasteiger partial charge in [0, 0.05) is 11.0 Å². The van der Waals surface area contributed by atoms with E-state index in [0.717, 1.165) is 16.3 Å². The number of hydrogen-bond donors (Lipinski definition) is 1. The van der Waals surface area contributed by atoms with Gasteiger partial charge in [0.15, 0.2) is 0 Å². The first-order valence-corrected chi connectivity index (χ1v) is 8.31. The number of nitrogens with one attached hydrogen (secondary N) is 1. The van der Waals surface area contributed by atoms with E-state index in [-0.39, 0.29) is 5.91 Å². The van der Waals surface area contributed by atoms with Crippen LogP contribution in [0.15, 0.2) is 71.6 Å². The Morgan fingerprint density at radius 1 is 1.09 bits per heavy atom. The zero-order valence-corrected chi connectivity index (χ0v) is 13.6. The molecule has 0 saturated carbocycles. The molecule has 0 saturated heterocycles. The van der Waals surface area contributed by atoms with Gasteiger partial charge in [0.25, 0.3) is 0 Å². The second-order valence-electron chi connectivity index (χ2n) is 5.07. The van der Waals surface area contributed by atoms with Crippen molar-refractivity contribution >= 4 is 23.5 Å². The molecular weight excluding hydrogens is 306 g/mol. The lowest BCUT2D eigenvalue weighted by Crippen LogP contribution is -2.16. The fraction of sp³-hybridized carbons (Fsp3) is 0.111. The van der Waals surface area contributed by atoms with Crippen molar-refractivity contribution in [1.82, 2.24) is 9.78 Å². The van der Waals surface area contributed by atoms with Crippen LogP contribution in [0.2, 0.25) is 0 Å². The molecule has 5 heteroatoms. The summed E-state index contributed by atoms with van der Waals surface area (Å²) in [4.78, 5) is 13.3. The molecule has 1 heterocycles. The lowest BCUT2D eigenvalue weighted by atomic mass is 10.3. The maximum Gasteiger partial charge on any atom is 0.235 e. The van der Waals surface area contributed by atoms with Gasteiger partial charge in [-0.2, -0.15) is 5.10 Å². The van der Waals surface area contributed by atoms with Crippen LogP contribution in [0.25, 0.3) is 5.69 Å². The molecule has 0 aliphatic heterocycles. The van der Waals surface area contributed by atoms with Crippen molar-refractivity contribution in [2.75, 3.05) is 11.1 Å². The third-order valence-corrected chi connectivity index (χ3v) is 4.22. The summed E-state index contributed by atoms with van der Waals surface area (Å²) >= 11 is 1.51. The minimum absolute atomic E-state index is 0.0454. The molecule has 0 spiro atoms. The summed E-state index contributed by atoms with van der Waals surface area (Å²) in [5.74, 6) is 1.01. The van der Waals surface area contributed by atoms with E-state index in [1.54, 1.807) is 4.68 Å². The molecule has 3 aromatic rings. The van der Waals surface area contributed by atoms with Gasteiger partial charge >= 0.3 is 0 Å². The van der Waals surface area contributed by atoms with Gasteiger partial charge < -0.3 is 5.32 Å². The number of aromatic nitrogens is 2. The van der Waals surface area contributed by atoms with Crippen molar-refractivity contribution in [2.24, 2.45) is 0 Å². The van der Waals surface area contributed by atoms with E-state index < -0.39 is 0 Å². The van der Waals surface area contributed by atoms with Crippen LogP contribution in [0.1, 0.15) is 5.69 Å². The van der Waals surface area contributed by atoms with Crippen molar-refractivity contribution in [3.05, 3.63) is 72.4 Å². The van der Waals surface area contributed by atoms with Crippen LogP contribution in [0, 0.1) is 6.92 Å². The number of nitrogens with zero attached hydrogens (tertiary/aromatic N) is 2. The predicted molar refractivity (Wildman–Crippen MR) is 94.1 cm³/mol. The molecule has 0 bridgehead atoms. The van der Waals surface area contributed by atoms with Crippen molar-refractivity contribution < 1.29 is 4.79 Å². The number of thioether (sulfide) groups is 1. The Morgan fingerprint density at radius 2 is 1.74 bits per heavy atom. The zero-order valence-electron chi connectivity index (χ0n) is 12.8. The molecule has 4 nitrogen and oxygen atoms in total. The lowest BCUT2D eigenvalue weighted by molar-refractivity contribution is -0.113. The normalized spacial score (nSPS) is 10.5. The van der Waals surface area contributed by atoms with E-state index in [2.05, 4.69) is 10.4 Å². The summed E-state index contributed by atoms with van der Waals surface area (Å²) in [6, 6.07) is 21.5. The van der Waals surface area contributed by atoms with Gasteiger partial charge in [0.2, 0.25) is 5.91 Å². The van der Waals surface area contributed by atoms with E-state index in [4.69, 9.17) is 0 Å². The molecule has 3 rings (SSSR count). The third-order valence-electron chi connectivity index (χ3n) is 3.21. The largest absolute Gasteiger partial charge is 0.310 e. The monoisotopic (exact) mass is 323 g/mol. The van der Waals surface area contributed by atoms with Gasteiger partial charge in [-0.3, -0.25) is 4.79 Å².